The molecule has 0 aliphatic rings. The van der Waals surface area contributed by atoms with Crippen molar-refractivity contribution in [2.24, 2.45) is 0 Å². The van der Waals surface area contributed by atoms with Gasteiger partial charge in [-0.3, -0.25) is 4.79 Å². The summed E-state index contributed by atoms with van der Waals surface area (Å²) in [5.74, 6) is -1.52. The molecule has 0 fully saturated rings. The van der Waals surface area contributed by atoms with E-state index in [1.165, 1.54) is 23.5 Å². The van der Waals surface area contributed by atoms with Crippen LogP contribution in [-0.4, -0.2) is 12.5 Å². The van der Waals surface area contributed by atoms with Crippen molar-refractivity contribution in [3.05, 3.63) is 51.7 Å². The minimum absolute atomic E-state index is 0.274. The Bertz CT molecular complexity index is 578. The van der Waals surface area contributed by atoms with Crippen molar-refractivity contribution < 1.29 is 13.6 Å². The van der Waals surface area contributed by atoms with Gasteiger partial charge < -0.3 is 11.1 Å². The van der Waals surface area contributed by atoms with E-state index in [1.807, 2.05) is 0 Å². The van der Waals surface area contributed by atoms with E-state index in [1.54, 1.807) is 11.4 Å². The first-order valence-corrected chi connectivity index (χ1v) is 6.50. The van der Waals surface area contributed by atoms with Crippen molar-refractivity contribution in [1.29, 1.82) is 0 Å². The fourth-order valence-electron chi connectivity index (χ4n) is 1.66. The van der Waals surface area contributed by atoms with E-state index in [9.17, 15) is 13.6 Å². The molecule has 1 heterocycles. The number of hydrogen-bond donors (Lipinski definition) is 2. The number of halogens is 2. The van der Waals surface area contributed by atoms with Crippen molar-refractivity contribution >= 4 is 22.9 Å². The molecule has 2 rings (SSSR count). The minimum atomic E-state index is -0.621. The van der Waals surface area contributed by atoms with Crippen LogP contribution in [0.5, 0.6) is 0 Å². The SMILES string of the molecule is Nc1ccsc1C(=O)NCCc1cc(F)cc(F)c1. The first-order chi connectivity index (χ1) is 9.06. The van der Waals surface area contributed by atoms with E-state index in [4.69, 9.17) is 5.73 Å². The molecule has 0 saturated carbocycles. The normalized spacial score (nSPS) is 10.4. The molecule has 0 aliphatic carbocycles. The molecule has 19 heavy (non-hydrogen) atoms. The van der Waals surface area contributed by atoms with E-state index in [0.29, 0.717) is 29.1 Å². The van der Waals surface area contributed by atoms with Crippen LogP contribution >= 0.6 is 11.3 Å². The highest BCUT2D eigenvalue weighted by atomic mass is 32.1. The van der Waals surface area contributed by atoms with Crippen LogP contribution in [0.1, 0.15) is 15.2 Å². The second kappa shape index (κ2) is 5.79. The Balaban J connectivity index is 1.90. The number of carbonyl (C=O) groups excluding carboxylic acids is 1. The standard InChI is InChI=1S/C13H12F2N2OS/c14-9-5-8(6-10(15)7-9)1-3-17-13(18)12-11(16)2-4-19-12/h2,4-7H,1,3,16H2,(H,17,18). The van der Waals surface area contributed by atoms with Gasteiger partial charge >= 0.3 is 0 Å². The highest BCUT2D eigenvalue weighted by Gasteiger charge is 2.10. The van der Waals surface area contributed by atoms with E-state index >= 15 is 0 Å². The second-order valence-corrected chi connectivity index (χ2v) is 4.90. The number of anilines is 1. The van der Waals surface area contributed by atoms with Crippen molar-refractivity contribution in [3.8, 4) is 0 Å². The van der Waals surface area contributed by atoms with Crippen LogP contribution in [0.3, 0.4) is 0 Å². The minimum Gasteiger partial charge on any atom is -0.397 e. The molecule has 6 heteroatoms. The zero-order valence-electron chi connectivity index (χ0n) is 9.95. The largest absolute Gasteiger partial charge is 0.397 e. The fourth-order valence-corrected chi connectivity index (χ4v) is 2.39. The molecule has 0 unspecified atom stereocenters. The molecular weight excluding hydrogens is 270 g/mol. The van der Waals surface area contributed by atoms with Crippen LogP contribution in [0.25, 0.3) is 0 Å². The summed E-state index contributed by atoms with van der Waals surface area (Å²) in [6.07, 6.45) is 0.353. The zero-order chi connectivity index (χ0) is 13.8. The number of carbonyl (C=O) groups is 1. The Morgan fingerprint density at radius 2 is 1.95 bits per heavy atom. The topological polar surface area (TPSA) is 55.1 Å². The Morgan fingerprint density at radius 3 is 2.53 bits per heavy atom. The number of rotatable bonds is 4. The first kappa shape index (κ1) is 13.5. The molecule has 3 N–H and O–H groups in total. The van der Waals surface area contributed by atoms with Crippen molar-refractivity contribution in [3.63, 3.8) is 0 Å². The van der Waals surface area contributed by atoms with Gasteiger partial charge in [0, 0.05) is 12.6 Å². The maximum atomic E-state index is 12.9. The van der Waals surface area contributed by atoms with Gasteiger partial charge in [-0.2, -0.15) is 0 Å². The van der Waals surface area contributed by atoms with E-state index < -0.39 is 11.6 Å². The average Bonchev–Trinajstić information content (AvgIpc) is 2.74. The molecule has 2 aromatic rings. The molecule has 0 saturated heterocycles. The lowest BCUT2D eigenvalue weighted by Crippen LogP contribution is -2.25. The summed E-state index contributed by atoms with van der Waals surface area (Å²) in [6.45, 7) is 0.291. The van der Waals surface area contributed by atoms with Gasteiger partial charge in [0.15, 0.2) is 0 Å². The molecule has 3 nitrogen and oxygen atoms in total. The van der Waals surface area contributed by atoms with E-state index in [-0.39, 0.29) is 5.91 Å². The molecule has 1 aromatic heterocycles. The lowest BCUT2D eigenvalue weighted by atomic mass is 10.1. The van der Waals surface area contributed by atoms with Gasteiger partial charge in [-0.15, -0.1) is 11.3 Å². The Labute approximate surface area is 113 Å². The van der Waals surface area contributed by atoms with Crippen LogP contribution in [0, 0.1) is 11.6 Å². The molecular formula is C13H12F2N2OS. The molecule has 100 valence electrons. The smallest absolute Gasteiger partial charge is 0.263 e. The zero-order valence-corrected chi connectivity index (χ0v) is 10.8. The van der Waals surface area contributed by atoms with Gasteiger partial charge in [-0.05, 0) is 35.6 Å². The highest BCUT2D eigenvalue weighted by Crippen LogP contribution is 2.18. The van der Waals surface area contributed by atoms with Crippen molar-refractivity contribution in [2.75, 3.05) is 12.3 Å². The van der Waals surface area contributed by atoms with E-state index in [2.05, 4.69) is 5.32 Å². The van der Waals surface area contributed by atoms with Gasteiger partial charge in [0.05, 0.1) is 5.69 Å². The predicted octanol–water partition coefficient (Wildman–Crippen LogP) is 2.58. The number of thiophene rings is 1. The van der Waals surface area contributed by atoms with Crippen LogP contribution in [0.4, 0.5) is 14.5 Å². The lowest BCUT2D eigenvalue weighted by molar-refractivity contribution is 0.0959. The number of nitrogen functional groups attached to an aromatic ring is 1. The maximum absolute atomic E-state index is 12.9. The summed E-state index contributed by atoms with van der Waals surface area (Å²) in [4.78, 5) is 12.2. The van der Waals surface area contributed by atoms with Gasteiger partial charge in [-0.1, -0.05) is 0 Å². The molecule has 1 amide bonds. The summed E-state index contributed by atoms with van der Waals surface area (Å²) in [5.41, 5.74) is 6.54. The van der Waals surface area contributed by atoms with Crippen molar-refractivity contribution in [1.82, 2.24) is 5.32 Å². The monoisotopic (exact) mass is 282 g/mol. The number of benzene rings is 1. The molecule has 0 radical (unpaired) electrons. The highest BCUT2D eigenvalue weighted by molar-refractivity contribution is 7.12. The van der Waals surface area contributed by atoms with Crippen LogP contribution in [0.15, 0.2) is 29.6 Å². The summed E-state index contributed by atoms with van der Waals surface area (Å²) in [7, 11) is 0. The van der Waals surface area contributed by atoms with Gasteiger partial charge in [0.1, 0.15) is 16.5 Å². The number of amides is 1. The maximum Gasteiger partial charge on any atom is 0.263 e. The molecule has 0 aliphatic heterocycles. The quantitative estimate of drug-likeness (QED) is 0.905. The third-order valence-corrected chi connectivity index (χ3v) is 3.45. The molecule has 0 atom stereocenters. The third kappa shape index (κ3) is 3.51. The lowest BCUT2D eigenvalue weighted by Gasteiger charge is -2.05. The van der Waals surface area contributed by atoms with E-state index in [0.717, 1.165) is 6.07 Å². The van der Waals surface area contributed by atoms with Crippen LogP contribution in [-0.2, 0) is 6.42 Å². The van der Waals surface area contributed by atoms with Gasteiger partial charge in [0.2, 0.25) is 0 Å². The second-order valence-electron chi connectivity index (χ2n) is 3.99. The van der Waals surface area contributed by atoms with Crippen LogP contribution < -0.4 is 11.1 Å². The number of nitrogens with two attached hydrogens (primary N) is 1. The summed E-state index contributed by atoms with van der Waals surface area (Å²) >= 11 is 1.25. The van der Waals surface area contributed by atoms with Crippen LogP contribution in [0.2, 0.25) is 0 Å². The summed E-state index contributed by atoms with van der Waals surface area (Å²) in [6, 6.07) is 4.96. The summed E-state index contributed by atoms with van der Waals surface area (Å²) in [5, 5.41) is 4.39. The molecule has 0 spiro atoms. The first-order valence-electron chi connectivity index (χ1n) is 5.62. The average molecular weight is 282 g/mol. The van der Waals surface area contributed by atoms with Crippen molar-refractivity contribution in [2.45, 2.75) is 6.42 Å². The molecule has 0 bridgehead atoms. The number of hydrogen-bond acceptors (Lipinski definition) is 3. The number of nitrogens with one attached hydrogen (secondary N) is 1. The van der Waals surface area contributed by atoms with Gasteiger partial charge in [-0.25, -0.2) is 8.78 Å². The molecule has 1 aromatic carbocycles. The fraction of sp³-hybridized carbons (Fsp3) is 0.154. The predicted molar refractivity (Wildman–Crippen MR) is 71.1 cm³/mol. The summed E-state index contributed by atoms with van der Waals surface area (Å²) < 4.78 is 25.9. The Kier molecular flexibility index (Phi) is 4.11. The Hall–Kier alpha value is -1.95. The van der Waals surface area contributed by atoms with Gasteiger partial charge in [0.25, 0.3) is 5.91 Å². The Morgan fingerprint density at radius 1 is 1.26 bits per heavy atom. The third-order valence-electron chi connectivity index (χ3n) is 2.52.